The van der Waals surface area contributed by atoms with E-state index < -0.39 is 0 Å². The summed E-state index contributed by atoms with van der Waals surface area (Å²) in [6.07, 6.45) is 1.13. The summed E-state index contributed by atoms with van der Waals surface area (Å²) in [5, 5.41) is 4.08. The topological polar surface area (TPSA) is 34.1 Å². The molecule has 112 valence electrons. The summed E-state index contributed by atoms with van der Waals surface area (Å²) in [6, 6.07) is 9.70. The Morgan fingerprint density at radius 3 is 2.71 bits per heavy atom. The van der Waals surface area contributed by atoms with Crippen LogP contribution in [-0.4, -0.2) is 18.6 Å². The van der Waals surface area contributed by atoms with Gasteiger partial charge in [0.1, 0.15) is 5.75 Å². The van der Waals surface area contributed by atoms with Crippen molar-refractivity contribution in [1.29, 1.82) is 0 Å². The molecule has 0 aliphatic heterocycles. The largest absolute Gasteiger partial charge is 0.496 e. The number of hydrogen-bond donors (Lipinski definition) is 1. The molecule has 1 aromatic carbocycles. The Balaban J connectivity index is 2.29. The van der Waals surface area contributed by atoms with Crippen LogP contribution in [0.3, 0.4) is 0 Å². The highest BCUT2D eigenvalue weighted by molar-refractivity contribution is 6.30. The first-order chi connectivity index (χ1) is 10.2. The number of benzene rings is 1. The van der Waals surface area contributed by atoms with Gasteiger partial charge in [0.2, 0.25) is 0 Å². The lowest BCUT2D eigenvalue weighted by molar-refractivity contribution is 0.416. The zero-order valence-electron chi connectivity index (χ0n) is 12.7. The smallest absolute Gasteiger partial charge is 0.128 e. The quantitative estimate of drug-likeness (QED) is 0.811. The van der Waals surface area contributed by atoms with Crippen LogP contribution in [0.1, 0.15) is 24.6 Å². The molecule has 0 saturated carbocycles. The molecule has 4 heteroatoms. The van der Waals surface area contributed by atoms with Gasteiger partial charge in [-0.2, -0.15) is 0 Å². The van der Waals surface area contributed by atoms with E-state index in [1.165, 1.54) is 5.56 Å². The van der Waals surface area contributed by atoms with Crippen LogP contribution >= 0.6 is 11.6 Å². The first-order valence-electron chi connectivity index (χ1n) is 7.17. The van der Waals surface area contributed by atoms with Crippen molar-refractivity contribution in [2.45, 2.75) is 26.8 Å². The van der Waals surface area contributed by atoms with Crippen molar-refractivity contribution in [3.63, 3.8) is 0 Å². The van der Waals surface area contributed by atoms with E-state index in [1.54, 1.807) is 7.11 Å². The summed E-state index contributed by atoms with van der Waals surface area (Å²) in [6.45, 7) is 6.05. The van der Waals surface area contributed by atoms with Crippen LogP contribution in [0.25, 0.3) is 11.3 Å². The van der Waals surface area contributed by atoms with Crippen molar-refractivity contribution in [2.24, 2.45) is 0 Å². The Morgan fingerprint density at radius 1 is 1.24 bits per heavy atom. The zero-order chi connectivity index (χ0) is 15.2. The number of pyridine rings is 1. The van der Waals surface area contributed by atoms with Gasteiger partial charge in [-0.25, -0.2) is 0 Å². The Labute approximate surface area is 131 Å². The maximum Gasteiger partial charge on any atom is 0.128 e. The Hall–Kier alpha value is -1.58. The number of aryl methyl sites for hydroxylation is 1. The van der Waals surface area contributed by atoms with E-state index in [2.05, 4.69) is 18.3 Å². The number of ether oxygens (including phenoxy) is 1. The fourth-order valence-corrected chi connectivity index (χ4v) is 2.38. The van der Waals surface area contributed by atoms with Crippen LogP contribution in [-0.2, 0) is 6.54 Å². The predicted molar refractivity (Wildman–Crippen MR) is 88.0 cm³/mol. The Morgan fingerprint density at radius 2 is 2.05 bits per heavy atom. The third-order valence-corrected chi connectivity index (χ3v) is 3.61. The molecule has 0 fully saturated rings. The van der Waals surface area contributed by atoms with Gasteiger partial charge in [-0.15, -0.1) is 0 Å². The van der Waals surface area contributed by atoms with Gasteiger partial charge in [-0.3, -0.25) is 4.98 Å². The lowest BCUT2D eigenvalue weighted by atomic mass is 10.1. The first-order valence-corrected chi connectivity index (χ1v) is 7.54. The van der Waals surface area contributed by atoms with Crippen LogP contribution in [0.5, 0.6) is 5.75 Å². The van der Waals surface area contributed by atoms with Gasteiger partial charge in [-0.05, 0) is 49.7 Å². The molecule has 1 N–H and O–H groups in total. The second kappa shape index (κ2) is 7.43. The molecule has 0 aliphatic carbocycles. The minimum atomic E-state index is 0.680. The molecule has 21 heavy (non-hydrogen) atoms. The van der Waals surface area contributed by atoms with Gasteiger partial charge >= 0.3 is 0 Å². The van der Waals surface area contributed by atoms with Crippen LogP contribution in [0.2, 0.25) is 5.02 Å². The second-order valence-corrected chi connectivity index (χ2v) is 5.40. The van der Waals surface area contributed by atoms with E-state index in [0.717, 1.165) is 42.2 Å². The van der Waals surface area contributed by atoms with Crippen LogP contribution in [0, 0.1) is 6.92 Å². The molecule has 0 radical (unpaired) electrons. The number of hydrogen-bond acceptors (Lipinski definition) is 3. The average Bonchev–Trinajstić information content (AvgIpc) is 2.49. The van der Waals surface area contributed by atoms with E-state index in [-0.39, 0.29) is 0 Å². The minimum Gasteiger partial charge on any atom is -0.496 e. The van der Waals surface area contributed by atoms with Gasteiger partial charge in [0.25, 0.3) is 0 Å². The fraction of sp³-hybridized carbons (Fsp3) is 0.353. The Bertz CT molecular complexity index is 614. The molecule has 0 bridgehead atoms. The lowest BCUT2D eigenvalue weighted by Gasteiger charge is -2.11. The summed E-state index contributed by atoms with van der Waals surface area (Å²) in [5.41, 5.74) is 4.04. The van der Waals surface area contributed by atoms with Gasteiger partial charge in [0.15, 0.2) is 0 Å². The normalized spacial score (nSPS) is 10.7. The number of nitrogens with zero attached hydrogens (tertiary/aromatic N) is 1. The molecule has 2 rings (SSSR count). The molecular formula is C17H21ClN2O. The molecule has 0 aliphatic rings. The van der Waals surface area contributed by atoms with Crippen molar-refractivity contribution in [3.8, 4) is 17.0 Å². The van der Waals surface area contributed by atoms with Crippen molar-refractivity contribution in [2.75, 3.05) is 13.7 Å². The maximum absolute atomic E-state index is 6.09. The first kappa shape index (κ1) is 15.8. The average molecular weight is 305 g/mol. The summed E-state index contributed by atoms with van der Waals surface area (Å²) in [5.74, 6) is 0.781. The number of aromatic nitrogens is 1. The summed E-state index contributed by atoms with van der Waals surface area (Å²) < 4.78 is 5.39. The molecule has 0 unspecified atom stereocenters. The van der Waals surface area contributed by atoms with Gasteiger partial charge in [0, 0.05) is 22.8 Å². The lowest BCUT2D eigenvalue weighted by Crippen LogP contribution is -2.15. The van der Waals surface area contributed by atoms with Gasteiger partial charge in [0.05, 0.1) is 12.8 Å². The molecular weight excluding hydrogens is 284 g/mol. The molecule has 0 saturated heterocycles. The van der Waals surface area contributed by atoms with Gasteiger partial charge in [-0.1, -0.05) is 24.6 Å². The molecule has 0 spiro atoms. The highest BCUT2D eigenvalue weighted by atomic mass is 35.5. The highest BCUT2D eigenvalue weighted by Gasteiger charge is 2.10. The van der Waals surface area contributed by atoms with E-state index >= 15 is 0 Å². The zero-order valence-corrected chi connectivity index (χ0v) is 13.5. The predicted octanol–water partition coefficient (Wildman–Crippen LogP) is 4.22. The maximum atomic E-state index is 6.09. The van der Waals surface area contributed by atoms with E-state index in [9.17, 15) is 0 Å². The third-order valence-electron chi connectivity index (χ3n) is 3.37. The number of rotatable bonds is 6. The number of halogens is 1. The summed E-state index contributed by atoms with van der Waals surface area (Å²) in [4.78, 5) is 4.69. The molecule has 0 amide bonds. The standard InChI is InChI=1S/C17H21ClN2O/c1-4-9-19-11-13-5-7-16(20-12(13)2)15-10-14(18)6-8-17(15)21-3/h5-8,10,19H,4,9,11H2,1-3H3. The Kier molecular flexibility index (Phi) is 5.59. The fourth-order valence-electron chi connectivity index (χ4n) is 2.21. The molecule has 2 aromatic rings. The SMILES string of the molecule is CCCNCc1ccc(-c2cc(Cl)ccc2OC)nc1C. The van der Waals surface area contributed by atoms with Crippen LogP contribution in [0.4, 0.5) is 0 Å². The second-order valence-electron chi connectivity index (χ2n) is 4.96. The molecule has 1 heterocycles. The molecule has 1 aromatic heterocycles. The summed E-state index contributed by atoms with van der Waals surface area (Å²) >= 11 is 6.09. The van der Waals surface area contributed by atoms with Crippen molar-refractivity contribution < 1.29 is 4.74 Å². The van der Waals surface area contributed by atoms with Crippen LogP contribution < -0.4 is 10.1 Å². The van der Waals surface area contributed by atoms with Crippen molar-refractivity contribution in [3.05, 3.63) is 46.6 Å². The summed E-state index contributed by atoms with van der Waals surface area (Å²) in [7, 11) is 1.66. The monoisotopic (exact) mass is 304 g/mol. The molecule has 0 atom stereocenters. The van der Waals surface area contributed by atoms with Crippen molar-refractivity contribution in [1.82, 2.24) is 10.3 Å². The number of nitrogens with one attached hydrogen (secondary N) is 1. The van der Waals surface area contributed by atoms with E-state index in [0.29, 0.717) is 5.02 Å². The van der Waals surface area contributed by atoms with E-state index in [4.69, 9.17) is 21.3 Å². The van der Waals surface area contributed by atoms with Crippen LogP contribution in [0.15, 0.2) is 30.3 Å². The highest BCUT2D eigenvalue weighted by Crippen LogP contribution is 2.31. The van der Waals surface area contributed by atoms with Crippen molar-refractivity contribution >= 4 is 11.6 Å². The van der Waals surface area contributed by atoms with E-state index in [1.807, 2.05) is 31.2 Å². The third kappa shape index (κ3) is 3.96. The minimum absolute atomic E-state index is 0.680. The molecule has 3 nitrogen and oxygen atoms in total. The van der Waals surface area contributed by atoms with Gasteiger partial charge < -0.3 is 10.1 Å². The number of methoxy groups -OCH3 is 1.